The van der Waals surface area contributed by atoms with Crippen LogP contribution < -0.4 is 5.73 Å². The summed E-state index contributed by atoms with van der Waals surface area (Å²) in [5, 5.41) is 0. The molecule has 0 aliphatic carbocycles. The Labute approximate surface area is 102 Å². The lowest BCUT2D eigenvalue weighted by molar-refractivity contribution is 0.319. The van der Waals surface area contributed by atoms with Crippen LogP contribution in [0.1, 0.15) is 11.1 Å². The number of aromatic nitrogens is 1. The summed E-state index contributed by atoms with van der Waals surface area (Å²) >= 11 is 0. The molecule has 3 nitrogen and oxygen atoms in total. The Bertz CT molecular complexity index is 468. The number of rotatable bonds is 4. The zero-order valence-corrected chi connectivity index (χ0v) is 10.0. The van der Waals surface area contributed by atoms with Gasteiger partial charge in [0, 0.05) is 31.2 Å². The topological polar surface area (TPSA) is 42.2 Å². The van der Waals surface area contributed by atoms with Crippen LogP contribution in [0.2, 0.25) is 0 Å². The normalized spacial score (nSPS) is 10.7. The van der Waals surface area contributed by atoms with Gasteiger partial charge in [0.25, 0.3) is 0 Å². The van der Waals surface area contributed by atoms with Crippen LogP contribution in [0.3, 0.4) is 0 Å². The Morgan fingerprint density at radius 3 is 2.47 bits per heavy atom. The smallest absolute Gasteiger partial charge is 0.0317 e. The van der Waals surface area contributed by atoms with Crippen LogP contribution in [0.4, 0.5) is 5.69 Å². The summed E-state index contributed by atoms with van der Waals surface area (Å²) < 4.78 is 0. The van der Waals surface area contributed by atoms with Crippen LogP contribution in [-0.2, 0) is 13.1 Å². The van der Waals surface area contributed by atoms with Gasteiger partial charge in [-0.3, -0.25) is 9.88 Å². The Morgan fingerprint density at radius 2 is 1.76 bits per heavy atom. The highest BCUT2D eigenvalue weighted by atomic mass is 15.1. The monoisotopic (exact) mass is 227 g/mol. The van der Waals surface area contributed by atoms with Gasteiger partial charge in [-0.2, -0.15) is 0 Å². The SMILES string of the molecule is CN(Cc1ccncc1)Cc1cccc(N)c1. The number of benzene rings is 1. The summed E-state index contributed by atoms with van der Waals surface area (Å²) in [5.41, 5.74) is 9.09. The van der Waals surface area contributed by atoms with E-state index in [-0.39, 0.29) is 0 Å². The maximum absolute atomic E-state index is 5.76. The van der Waals surface area contributed by atoms with E-state index in [1.54, 1.807) is 0 Å². The van der Waals surface area contributed by atoms with Gasteiger partial charge in [0.2, 0.25) is 0 Å². The molecule has 88 valence electrons. The van der Waals surface area contributed by atoms with Gasteiger partial charge in [0.05, 0.1) is 0 Å². The number of nitrogens with zero attached hydrogens (tertiary/aromatic N) is 2. The zero-order valence-electron chi connectivity index (χ0n) is 10.0. The van der Waals surface area contributed by atoms with Crippen molar-refractivity contribution >= 4 is 5.69 Å². The number of hydrogen-bond acceptors (Lipinski definition) is 3. The van der Waals surface area contributed by atoms with Crippen molar-refractivity contribution in [1.29, 1.82) is 0 Å². The second-order valence-electron chi connectivity index (χ2n) is 4.27. The van der Waals surface area contributed by atoms with E-state index < -0.39 is 0 Å². The lowest BCUT2D eigenvalue weighted by atomic mass is 10.2. The molecule has 0 saturated heterocycles. The number of nitrogen functional groups attached to an aromatic ring is 1. The van der Waals surface area contributed by atoms with Gasteiger partial charge in [-0.1, -0.05) is 12.1 Å². The number of nitrogens with two attached hydrogens (primary N) is 1. The predicted molar refractivity (Wildman–Crippen MR) is 70.3 cm³/mol. The van der Waals surface area contributed by atoms with Crippen molar-refractivity contribution < 1.29 is 0 Å². The molecule has 17 heavy (non-hydrogen) atoms. The molecule has 0 saturated carbocycles. The molecule has 0 amide bonds. The summed E-state index contributed by atoms with van der Waals surface area (Å²) in [7, 11) is 2.10. The maximum atomic E-state index is 5.76. The van der Waals surface area contributed by atoms with Gasteiger partial charge in [0.1, 0.15) is 0 Å². The molecule has 0 unspecified atom stereocenters. The first-order chi connectivity index (χ1) is 8.24. The number of hydrogen-bond donors (Lipinski definition) is 1. The molecule has 1 aromatic carbocycles. The molecule has 1 heterocycles. The lowest BCUT2D eigenvalue weighted by Gasteiger charge is -2.16. The molecule has 3 heteroatoms. The van der Waals surface area contributed by atoms with E-state index in [2.05, 4.69) is 23.0 Å². The van der Waals surface area contributed by atoms with Crippen LogP contribution in [0.15, 0.2) is 48.8 Å². The maximum Gasteiger partial charge on any atom is 0.0317 e. The minimum Gasteiger partial charge on any atom is -0.399 e. The number of pyridine rings is 1. The Hall–Kier alpha value is -1.87. The van der Waals surface area contributed by atoms with Crippen LogP contribution >= 0.6 is 0 Å². The molecular formula is C14H17N3. The van der Waals surface area contributed by atoms with Gasteiger partial charge < -0.3 is 5.73 Å². The van der Waals surface area contributed by atoms with Crippen LogP contribution in [0.25, 0.3) is 0 Å². The molecule has 1 aromatic heterocycles. The molecule has 0 fully saturated rings. The first-order valence-electron chi connectivity index (χ1n) is 5.66. The summed E-state index contributed by atoms with van der Waals surface area (Å²) in [5.74, 6) is 0. The van der Waals surface area contributed by atoms with E-state index in [0.29, 0.717) is 0 Å². The Kier molecular flexibility index (Phi) is 3.73. The van der Waals surface area contributed by atoms with Crippen molar-refractivity contribution in [2.75, 3.05) is 12.8 Å². The molecule has 0 radical (unpaired) electrons. The minimum absolute atomic E-state index is 0.819. The molecule has 2 rings (SSSR count). The summed E-state index contributed by atoms with van der Waals surface area (Å²) in [6, 6.07) is 12.1. The fourth-order valence-electron chi connectivity index (χ4n) is 1.86. The van der Waals surface area contributed by atoms with Gasteiger partial charge >= 0.3 is 0 Å². The van der Waals surface area contributed by atoms with Gasteiger partial charge in [-0.05, 0) is 42.4 Å². The van der Waals surface area contributed by atoms with E-state index in [1.807, 2.05) is 42.7 Å². The van der Waals surface area contributed by atoms with Gasteiger partial charge in [-0.15, -0.1) is 0 Å². The van der Waals surface area contributed by atoms with Crippen LogP contribution in [0, 0.1) is 0 Å². The largest absolute Gasteiger partial charge is 0.399 e. The van der Waals surface area contributed by atoms with E-state index in [1.165, 1.54) is 11.1 Å². The Balaban J connectivity index is 1.96. The van der Waals surface area contributed by atoms with Crippen molar-refractivity contribution in [3.05, 3.63) is 59.9 Å². The third-order valence-corrected chi connectivity index (χ3v) is 2.61. The highest BCUT2D eigenvalue weighted by Crippen LogP contribution is 2.10. The molecule has 0 bridgehead atoms. The average Bonchev–Trinajstić information content (AvgIpc) is 2.30. The molecular weight excluding hydrogens is 210 g/mol. The fraction of sp³-hybridized carbons (Fsp3) is 0.214. The Morgan fingerprint density at radius 1 is 1.06 bits per heavy atom. The summed E-state index contributed by atoms with van der Waals surface area (Å²) in [6.07, 6.45) is 3.65. The highest BCUT2D eigenvalue weighted by molar-refractivity contribution is 5.40. The summed E-state index contributed by atoms with van der Waals surface area (Å²) in [6.45, 7) is 1.81. The van der Waals surface area contributed by atoms with Crippen molar-refractivity contribution in [3.8, 4) is 0 Å². The van der Waals surface area contributed by atoms with Crippen LogP contribution in [-0.4, -0.2) is 16.9 Å². The first kappa shape index (κ1) is 11.6. The van der Waals surface area contributed by atoms with Gasteiger partial charge in [-0.25, -0.2) is 0 Å². The summed E-state index contributed by atoms with van der Waals surface area (Å²) in [4.78, 5) is 6.27. The van der Waals surface area contributed by atoms with E-state index >= 15 is 0 Å². The highest BCUT2D eigenvalue weighted by Gasteiger charge is 2.01. The standard InChI is InChI=1S/C14H17N3/c1-17(10-12-5-7-16-8-6-12)11-13-3-2-4-14(15)9-13/h2-9H,10-11,15H2,1H3. The van der Waals surface area contributed by atoms with E-state index in [0.717, 1.165) is 18.8 Å². The first-order valence-corrected chi connectivity index (χ1v) is 5.66. The predicted octanol–water partition coefficient (Wildman–Crippen LogP) is 2.30. The second-order valence-corrected chi connectivity index (χ2v) is 4.27. The fourth-order valence-corrected chi connectivity index (χ4v) is 1.86. The number of anilines is 1. The molecule has 0 spiro atoms. The molecule has 0 aliphatic heterocycles. The lowest BCUT2D eigenvalue weighted by Crippen LogP contribution is -2.17. The van der Waals surface area contributed by atoms with E-state index in [9.17, 15) is 0 Å². The van der Waals surface area contributed by atoms with E-state index in [4.69, 9.17) is 5.73 Å². The minimum atomic E-state index is 0.819. The molecule has 2 aromatic rings. The molecule has 2 N–H and O–H groups in total. The quantitative estimate of drug-likeness (QED) is 0.815. The average molecular weight is 227 g/mol. The van der Waals surface area contributed by atoms with Crippen molar-refractivity contribution in [2.45, 2.75) is 13.1 Å². The molecule has 0 aliphatic rings. The third kappa shape index (κ3) is 3.57. The molecule has 0 atom stereocenters. The van der Waals surface area contributed by atoms with Crippen molar-refractivity contribution in [1.82, 2.24) is 9.88 Å². The third-order valence-electron chi connectivity index (χ3n) is 2.61. The van der Waals surface area contributed by atoms with Crippen molar-refractivity contribution in [3.63, 3.8) is 0 Å². The van der Waals surface area contributed by atoms with Gasteiger partial charge in [0.15, 0.2) is 0 Å². The second kappa shape index (κ2) is 5.46. The zero-order chi connectivity index (χ0) is 12.1. The van der Waals surface area contributed by atoms with Crippen LogP contribution in [0.5, 0.6) is 0 Å². The van der Waals surface area contributed by atoms with Crippen molar-refractivity contribution in [2.24, 2.45) is 0 Å².